The van der Waals surface area contributed by atoms with E-state index in [1.807, 2.05) is 49.2 Å². The van der Waals surface area contributed by atoms with Gasteiger partial charge in [-0.1, -0.05) is 0 Å². The van der Waals surface area contributed by atoms with Crippen LogP contribution in [0.4, 0.5) is 0 Å². The molecule has 5 nitrogen and oxygen atoms in total. The molecule has 0 radical (unpaired) electrons. The highest BCUT2D eigenvalue weighted by atomic mass is 16.5. The summed E-state index contributed by atoms with van der Waals surface area (Å²) in [5.41, 5.74) is 1.38. The van der Waals surface area contributed by atoms with Crippen molar-refractivity contribution in [2.24, 2.45) is 0 Å². The van der Waals surface area contributed by atoms with Crippen LogP contribution in [-0.2, 0) is 9.47 Å². The Bertz CT molecular complexity index is 677. The topological polar surface area (TPSA) is 54.6 Å². The smallest absolute Gasteiger partial charge is 0.254 e. The highest BCUT2D eigenvalue weighted by Crippen LogP contribution is 2.24. The van der Waals surface area contributed by atoms with Crippen LogP contribution in [0.15, 0.2) is 30.5 Å². The molecule has 1 saturated heterocycles. The zero-order chi connectivity index (χ0) is 15.7. The van der Waals surface area contributed by atoms with Gasteiger partial charge in [-0.3, -0.25) is 4.79 Å². The number of ether oxygens (including phenoxy) is 2. The summed E-state index contributed by atoms with van der Waals surface area (Å²) in [5.74, 6) is 0.0422. The molecule has 22 heavy (non-hydrogen) atoms. The van der Waals surface area contributed by atoms with Crippen LogP contribution < -0.4 is 0 Å². The molecule has 2 heterocycles. The molecular formula is C17H22N2O3. The Balaban J connectivity index is 1.83. The number of carbonyl (C=O) groups excluding carboxylic acids is 1. The Labute approximate surface area is 130 Å². The van der Waals surface area contributed by atoms with Gasteiger partial charge in [-0.25, -0.2) is 0 Å². The second-order valence-corrected chi connectivity index (χ2v) is 6.42. The van der Waals surface area contributed by atoms with Gasteiger partial charge in [0, 0.05) is 42.9 Å². The number of amides is 1. The SMILES string of the molecule is COCC1CN(C(=O)c2ccc3[nH]ccc3c2)CC(C)(C)O1. The molecule has 1 atom stereocenters. The Kier molecular flexibility index (Phi) is 3.93. The molecule has 1 aromatic carbocycles. The number of methoxy groups -OCH3 is 1. The molecule has 2 aromatic rings. The summed E-state index contributed by atoms with van der Waals surface area (Å²) in [5, 5.41) is 1.05. The predicted octanol–water partition coefficient (Wildman–Crippen LogP) is 2.43. The highest BCUT2D eigenvalue weighted by molar-refractivity contribution is 5.98. The van der Waals surface area contributed by atoms with Gasteiger partial charge in [0.15, 0.2) is 0 Å². The largest absolute Gasteiger partial charge is 0.382 e. The van der Waals surface area contributed by atoms with E-state index in [9.17, 15) is 4.79 Å². The van der Waals surface area contributed by atoms with Gasteiger partial charge >= 0.3 is 0 Å². The van der Waals surface area contributed by atoms with Gasteiger partial charge in [0.25, 0.3) is 5.91 Å². The van der Waals surface area contributed by atoms with E-state index < -0.39 is 0 Å². The van der Waals surface area contributed by atoms with Gasteiger partial charge in [-0.2, -0.15) is 0 Å². The summed E-state index contributed by atoms with van der Waals surface area (Å²) in [4.78, 5) is 17.8. The van der Waals surface area contributed by atoms with Gasteiger partial charge in [0.05, 0.1) is 18.3 Å². The summed E-state index contributed by atoms with van der Waals surface area (Å²) < 4.78 is 11.2. The third-order valence-corrected chi connectivity index (χ3v) is 3.92. The minimum absolute atomic E-state index is 0.0422. The quantitative estimate of drug-likeness (QED) is 0.947. The summed E-state index contributed by atoms with van der Waals surface area (Å²) >= 11 is 0. The standard InChI is InChI=1S/C17H22N2O3/c1-17(2)11-19(9-14(22-17)10-21-3)16(20)13-4-5-15-12(8-13)6-7-18-15/h4-8,14,18H,9-11H2,1-3H3. The van der Waals surface area contributed by atoms with Crippen LogP contribution in [0.3, 0.4) is 0 Å². The molecule has 1 unspecified atom stereocenters. The summed E-state index contributed by atoms with van der Waals surface area (Å²) in [6.45, 7) is 5.64. The first-order valence-corrected chi connectivity index (χ1v) is 7.52. The summed E-state index contributed by atoms with van der Waals surface area (Å²) in [6.07, 6.45) is 1.79. The molecule has 0 aliphatic carbocycles. The number of rotatable bonds is 3. The Morgan fingerprint density at radius 3 is 3.05 bits per heavy atom. The molecule has 1 aliphatic heterocycles. The zero-order valence-electron chi connectivity index (χ0n) is 13.3. The zero-order valence-corrected chi connectivity index (χ0v) is 13.3. The van der Waals surface area contributed by atoms with E-state index in [2.05, 4.69) is 4.98 Å². The molecule has 118 valence electrons. The number of nitrogens with one attached hydrogen (secondary N) is 1. The van der Waals surface area contributed by atoms with E-state index in [-0.39, 0.29) is 17.6 Å². The molecule has 5 heteroatoms. The first kappa shape index (κ1) is 15.1. The monoisotopic (exact) mass is 302 g/mol. The Morgan fingerprint density at radius 2 is 2.27 bits per heavy atom. The van der Waals surface area contributed by atoms with E-state index >= 15 is 0 Å². The first-order valence-electron chi connectivity index (χ1n) is 7.52. The van der Waals surface area contributed by atoms with E-state index in [1.165, 1.54) is 0 Å². The van der Waals surface area contributed by atoms with E-state index in [1.54, 1.807) is 7.11 Å². The molecule has 1 aromatic heterocycles. The Hall–Kier alpha value is -1.85. The van der Waals surface area contributed by atoms with Crippen molar-refractivity contribution < 1.29 is 14.3 Å². The minimum atomic E-state index is -0.366. The van der Waals surface area contributed by atoms with Crippen molar-refractivity contribution in [1.29, 1.82) is 0 Å². The number of hydrogen-bond donors (Lipinski definition) is 1. The second-order valence-electron chi connectivity index (χ2n) is 6.42. The third-order valence-electron chi connectivity index (χ3n) is 3.92. The number of nitrogens with zero attached hydrogens (tertiary/aromatic N) is 1. The molecule has 0 spiro atoms. The van der Waals surface area contributed by atoms with Crippen LogP contribution in [0.2, 0.25) is 0 Å². The fraction of sp³-hybridized carbons (Fsp3) is 0.471. The number of hydrogen-bond acceptors (Lipinski definition) is 3. The number of aromatic nitrogens is 1. The molecule has 1 amide bonds. The maximum atomic E-state index is 12.8. The van der Waals surface area contributed by atoms with Crippen LogP contribution in [0.5, 0.6) is 0 Å². The lowest BCUT2D eigenvalue weighted by atomic mass is 10.0. The number of morpholine rings is 1. The number of aromatic amines is 1. The number of fused-ring (bicyclic) bond motifs is 1. The van der Waals surface area contributed by atoms with Gasteiger partial charge in [0.1, 0.15) is 0 Å². The lowest BCUT2D eigenvalue weighted by molar-refractivity contribution is -0.143. The number of H-pyrrole nitrogens is 1. The van der Waals surface area contributed by atoms with Gasteiger partial charge in [0.2, 0.25) is 0 Å². The fourth-order valence-corrected chi connectivity index (χ4v) is 3.09. The molecule has 0 saturated carbocycles. The second kappa shape index (κ2) is 5.74. The van der Waals surface area contributed by atoms with Crippen molar-refractivity contribution in [3.63, 3.8) is 0 Å². The average molecular weight is 302 g/mol. The molecule has 1 fully saturated rings. The van der Waals surface area contributed by atoms with Crippen molar-refractivity contribution in [3.8, 4) is 0 Å². The van der Waals surface area contributed by atoms with Crippen molar-refractivity contribution >= 4 is 16.8 Å². The summed E-state index contributed by atoms with van der Waals surface area (Å²) in [6, 6.07) is 7.72. The van der Waals surface area contributed by atoms with E-state index in [0.717, 1.165) is 10.9 Å². The lowest BCUT2D eigenvalue weighted by Crippen LogP contribution is -2.55. The fourth-order valence-electron chi connectivity index (χ4n) is 3.09. The van der Waals surface area contributed by atoms with Gasteiger partial charge < -0.3 is 19.4 Å². The maximum absolute atomic E-state index is 12.8. The van der Waals surface area contributed by atoms with Crippen LogP contribution in [0.1, 0.15) is 24.2 Å². The lowest BCUT2D eigenvalue weighted by Gasteiger charge is -2.42. The average Bonchev–Trinajstić information content (AvgIpc) is 2.92. The molecule has 3 rings (SSSR count). The number of benzene rings is 1. The first-order chi connectivity index (χ1) is 10.5. The van der Waals surface area contributed by atoms with Gasteiger partial charge in [-0.15, -0.1) is 0 Å². The molecule has 0 bridgehead atoms. The maximum Gasteiger partial charge on any atom is 0.254 e. The highest BCUT2D eigenvalue weighted by Gasteiger charge is 2.35. The van der Waals surface area contributed by atoms with Crippen molar-refractivity contribution in [2.75, 3.05) is 26.8 Å². The van der Waals surface area contributed by atoms with E-state index in [0.29, 0.717) is 25.3 Å². The van der Waals surface area contributed by atoms with E-state index in [4.69, 9.17) is 9.47 Å². The van der Waals surface area contributed by atoms with Crippen LogP contribution in [-0.4, -0.2) is 54.3 Å². The van der Waals surface area contributed by atoms with Crippen molar-refractivity contribution in [3.05, 3.63) is 36.0 Å². The number of carbonyl (C=O) groups is 1. The predicted molar refractivity (Wildman–Crippen MR) is 85.0 cm³/mol. The van der Waals surface area contributed by atoms with Crippen LogP contribution in [0, 0.1) is 0 Å². The Morgan fingerprint density at radius 1 is 1.45 bits per heavy atom. The molecule has 1 aliphatic rings. The van der Waals surface area contributed by atoms with Crippen molar-refractivity contribution in [1.82, 2.24) is 9.88 Å². The molecule has 1 N–H and O–H groups in total. The van der Waals surface area contributed by atoms with Crippen LogP contribution >= 0.6 is 0 Å². The van der Waals surface area contributed by atoms with Gasteiger partial charge in [-0.05, 0) is 38.1 Å². The third kappa shape index (κ3) is 3.00. The van der Waals surface area contributed by atoms with Crippen molar-refractivity contribution in [2.45, 2.75) is 25.6 Å². The minimum Gasteiger partial charge on any atom is -0.382 e. The normalized spacial score (nSPS) is 21.2. The van der Waals surface area contributed by atoms with Crippen LogP contribution in [0.25, 0.3) is 10.9 Å². The molecular weight excluding hydrogens is 280 g/mol. The summed E-state index contributed by atoms with van der Waals surface area (Å²) in [7, 11) is 1.65.